The number of carbonyl (C=O) groups excluding carboxylic acids is 1. The Morgan fingerprint density at radius 1 is 1.33 bits per heavy atom. The van der Waals surface area contributed by atoms with Crippen molar-refractivity contribution >= 4 is 16.8 Å². The molecule has 4 N–H and O–H groups in total. The molecular formula is C16H21N3O2. The molecule has 2 aromatic rings. The van der Waals surface area contributed by atoms with Gasteiger partial charge >= 0.3 is 0 Å². The summed E-state index contributed by atoms with van der Waals surface area (Å²) in [4.78, 5) is 26.5. The number of hydrogen-bond acceptors (Lipinski definition) is 3. The van der Waals surface area contributed by atoms with Crippen LogP contribution in [0.1, 0.15) is 26.3 Å². The summed E-state index contributed by atoms with van der Waals surface area (Å²) in [6.07, 6.45) is 0. The SMILES string of the molecule is CC(C)(C)[C@H](N)C(=O)NCc1cc(=O)[nH]c2ccccc12. The van der Waals surface area contributed by atoms with E-state index in [-0.39, 0.29) is 23.4 Å². The van der Waals surface area contributed by atoms with Gasteiger partial charge in [0.25, 0.3) is 0 Å². The Hall–Kier alpha value is -2.14. The van der Waals surface area contributed by atoms with Crippen molar-refractivity contribution < 1.29 is 4.79 Å². The molecule has 1 heterocycles. The lowest BCUT2D eigenvalue weighted by Crippen LogP contribution is -2.48. The van der Waals surface area contributed by atoms with Crippen molar-refractivity contribution in [3.63, 3.8) is 0 Å². The van der Waals surface area contributed by atoms with Crippen molar-refractivity contribution in [2.75, 3.05) is 0 Å². The molecule has 0 aliphatic rings. The number of aromatic nitrogens is 1. The van der Waals surface area contributed by atoms with Crippen LogP contribution in [0.2, 0.25) is 0 Å². The molecule has 0 aliphatic heterocycles. The largest absolute Gasteiger partial charge is 0.351 e. The van der Waals surface area contributed by atoms with Crippen LogP contribution in [0.15, 0.2) is 35.1 Å². The van der Waals surface area contributed by atoms with Crippen molar-refractivity contribution in [3.8, 4) is 0 Å². The van der Waals surface area contributed by atoms with E-state index >= 15 is 0 Å². The topological polar surface area (TPSA) is 88.0 Å². The summed E-state index contributed by atoms with van der Waals surface area (Å²) < 4.78 is 0. The maximum Gasteiger partial charge on any atom is 0.248 e. The van der Waals surface area contributed by atoms with Crippen LogP contribution in [0.25, 0.3) is 10.9 Å². The maximum absolute atomic E-state index is 12.1. The number of carbonyl (C=O) groups is 1. The van der Waals surface area contributed by atoms with Gasteiger partial charge < -0.3 is 16.0 Å². The third kappa shape index (κ3) is 3.49. The van der Waals surface area contributed by atoms with Crippen molar-refractivity contribution in [1.82, 2.24) is 10.3 Å². The van der Waals surface area contributed by atoms with E-state index in [0.717, 1.165) is 16.5 Å². The van der Waals surface area contributed by atoms with Crippen LogP contribution in [-0.4, -0.2) is 16.9 Å². The number of amides is 1. The molecule has 21 heavy (non-hydrogen) atoms. The molecule has 0 saturated carbocycles. The third-order valence-corrected chi connectivity index (χ3v) is 3.50. The number of nitrogens with two attached hydrogens (primary N) is 1. The average molecular weight is 287 g/mol. The second kappa shape index (κ2) is 5.69. The summed E-state index contributed by atoms with van der Waals surface area (Å²) in [5.74, 6) is -0.216. The molecule has 0 spiro atoms. The van der Waals surface area contributed by atoms with E-state index in [1.807, 2.05) is 45.0 Å². The van der Waals surface area contributed by atoms with Gasteiger partial charge in [-0.1, -0.05) is 39.0 Å². The predicted molar refractivity (Wildman–Crippen MR) is 83.8 cm³/mol. The van der Waals surface area contributed by atoms with E-state index in [1.165, 1.54) is 6.07 Å². The van der Waals surface area contributed by atoms with Gasteiger partial charge in [-0.25, -0.2) is 0 Å². The van der Waals surface area contributed by atoms with Crippen molar-refractivity contribution in [2.45, 2.75) is 33.4 Å². The molecule has 2 rings (SSSR count). The summed E-state index contributed by atoms with van der Waals surface area (Å²) in [6.45, 7) is 6.03. The standard InChI is InChI=1S/C16H21N3O2/c1-16(2,3)14(17)15(21)18-9-10-8-13(20)19-12-7-5-4-6-11(10)12/h4-8,14H,9,17H2,1-3H3,(H,18,21)(H,19,20)/t14-/m1/s1. The van der Waals surface area contributed by atoms with E-state index in [0.29, 0.717) is 0 Å². The average Bonchev–Trinajstić information content (AvgIpc) is 2.42. The van der Waals surface area contributed by atoms with Crippen LogP contribution in [0, 0.1) is 5.41 Å². The first kappa shape index (κ1) is 15.3. The maximum atomic E-state index is 12.1. The van der Waals surface area contributed by atoms with Gasteiger partial charge in [0.1, 0.15) is 0 Å². The van der Waals surface area contributed by atoms with Crippen molar-refractivity contribution in [1.29, 1.82) is 0 Å². The van der Waals surface area contributed by atoms with Crippen molar-refractivity contribution in [2.24, 2.45) is 11.1 Å². The highest BCUT2D eigenvalue weighted by Gasteiger charge is 2.27. The molecule has 1 aromatic heterocycles. The number of aromatic amines is 1. The number of rotatable bonds is 3. The molecule has 112 valence electrons. The molecular weight excluding hydrogens is 266 g/mol. The molecule has 0 bridgehead atoms. The lowest BCUT2D eigenvalue weighted by atomic mass is 9.87. The highest BCUT2D eigenvalue weighted by molar-refractivity contribution is 5.84. The zero-order chi connectivity index (χ0) is 15.6. The number of para-hydroxylation sites is 1. The van der Waals surface area contributed by atoms with Crippen LogP contribution in [0.4, 0.5) is 0 Å². The molecule has 0 radical (unpaired) electrons. The van der Waals surface area contributed by atoms with Gasteiger partial charge in [0.05, 0.1) is 6.04 Å². The fourth-order valence-corrected chi connectivity index (χ4v) is 2.11. The molecule has 1 atom stereocenters. The quantitative estimate of drug-likeness (QED) is 0.799. The Bertz CT molecular complexity index is 713. The van der Waals surface area contributed by atoms with Gasteiger partial charge in [0.15, 0.2) is 0 Å². The number of pyridine rings is 1. The Balaban J connectivity index is 2.21. The fourth-order valence-electron chi connectivity index (χ4n) is 2.11. The molecule has 0 fully saturated rings. The molecule has 1 amide bonds. The van der Waals surface area contributed by atoms with Crippen LogP contribution in [0.3, 0.4) is 0 Å². The summed E-state index contributed by atoms with van der Waals surface area (Å²) in [7, 11) is 0. The van der Waals surface area contributed by atoms with Crippen LogP contribution < -0.4 is 16.6 Å². The predicted octanol–water partition coefficient (Wildman–Crippen LogP) is 1.52. The number of fused-ring (bicyclic) bond motifs is 1. The highest BCUT2D eigenvalue weighted by atomic mass is 16.2. The summed E-state index contributed by atoms with van der Waals surface area (Å²) in [5, 5.41) is 3.73. The number of nitrogens with one attached hydrogen (secondary N) is 2. The second-order valence-corrected chi connectivity index (χ2v) is 6.27. The molecule has 0 aliphatic carbocycles. The van der Waals surface area contributed by atoms with Crippen LogP contribution >= 0.6 is 0 Å². The van der Waals surface area contributed by atoms with E-state index < -0.39 is 6.04 Å². The Morgan fingerprint density at radius 3 is 2.67 bits per heavy atom. The Kier molecular flexibility index (Phi) is 4.14. The zero-order valence-corrected chi connectivity index (χ0v) is 12.6. The van der Waals surface area contributed by atoms with E-state index in [1.54, 1.807) is 0 Å². The Labute approximate surface area is 123 Å². The first-order valence-electron chi connectivity index (χ1n) is 6.93. The highest BCUT2D eigenvalue weighted by Crippen LogP contribution is 2.18. The van der Waals surface area contributed by atoms with E-state index in [4.69, 9.17) is 5.73 Å². The fraction of sp³-hybridized carbons (Fsp3) is 0.375. The normalized spacial score (nSPS) is 13.1. The van der Waals surface area contributed by atoms with Gasteiger partial charge in [-0.05, 0) is 17.0 Å². The van der Waals surface area contributed by atoms with E-state index in [9.17, 15) is 9.59 Å². The van der Waals surface area contributed by atoms with Crippen molar-refractivity contribution in [3.05, 3.63) is 46.2 Å². The monoisotopic (exact) mass is 287 g/mol. The first-order valence-corrected chi connectivity index (χ1v) is 6.93. The molecule has 5 nitrogen and oxygen atoms in total. The Morgan fingerprint density at radius 2 is 2.00 bits per heavy atom. The molecule has 5 heteroatoms. The molecule has 1 aromatic carbocycles. The lowest BCUT2D eigenvalue weighted by Gasteiger charge is -2.25. The summed E-state index contributed by atoms with van der Waals surface area (Å²) in [6, 6.07) is 8.42. The third-order valence-electron chi connectivity index (χ3n) is 3.50. The molecule has 0 saturated heterocycles. The second-order valence-electron chi connectivity index (χ2n) is 6.27. The van der Waals surface area contributed by atoms with Gasteiger partial charge in [-0.2, -0.15) is 0 Å². The summed E-state index contributed by atoms with van der Waals surface area (Å²) >= 11 is 0. The minimum Gasteiger partial charge on any atom is -0.351 e. The van der Waals surface area contributed by atoms with Crippen LogP contribution in [-0.2, 0) is 11.3 Å². The van der Waals surface area contributed by atoms with Gasteiger partial charge in [-0.15, -0.1) is 0 Å². The minimum absolute atomic E-state index is 0.182. The zero-order valence-electron chi connectivity index (χ0n) is 12.6. The lowest BCUT2D eigenvalue weighted by molar-refractivity contribution is -0.124. The molecule has 0 unspecified atom stereocenters. The van der Waals surface area contributed by atoms with E-state index in [2.05, 4.69) is 10.3 Å². The minimum atomic E-state index is -0.592. The smallest absolute Gasteiger partial charge is 0.248 e. The van der Waals surface area contributed by atoms with Gasteiger partial charge in [0.2, 0.25) is 11.5 Å². The number of hydrogen-bond donors (Lipinski definition) is 3. The van der Waals surface area contributed by atoms with Gasteiger partial charge in [-0.3, -0.25) is 9.59 Å². The first-order chi connectivity index (χ1) is 9.79. The number of benzene rings is 1. The number of H-pyrrole nitrogens is 1. The van der Waals surface area contributed by atoms with Crippen LogP contribution in [0.5, 0.6) is 0 Å². The van der Waals surface area contributed by atoms with Gasteiger partial charge in [0, 0.05) is 23.5 Å². The summed E-state index contributed by atoms with van der Waals surface area (Å²) in [5.41, 5.74) is 6.97.